The van der Waals surface area contributed by atoms with Gasteiger partial charge in [0, 0.05) is 12.8 Å². The largest absolute Gasteiger partial charge is 0.465 e. The molecule has 1 amide bonds. The van der Waals surface area contributed by atoms with Gasteiger partial charge >= 0.3 is 5.97 Å². The molecule has 2 unspecified atom stereocenters. The molecule has 0 fully saturated rings. The van der Waals surface area contributed by atoms with Crippen LogP contribution < -0.4 is 5.32 Å². The van der Waals surface area contributed by atoms with Crippen molar-refractivity contribution in [3.63, 3.8) is 0 Å². The van der Waals surface area contributed by atoms with Crippen molar-refractivity contribution in [1.82, 2.24) is 5.32 Å². The molecule has 0 aromatic rings. The van der Waals surface area contributed by atoms with Gasteiger partial charge in [-0.1, -0.05) is 345 Å². The van der Waals surface area contributed by atoms with E-state index in [0.717, 1.165) is 51.4 Å². The van der Waals surface area contributed by atoms with E-state index in [1.807, 2.05) is 6.08 Å². The molecule has 6 heteroatoms. The topological polar surface area (TPSA) is 95.9 Å². The van der Waals surface area contributed by atoms with Crippen molar-refractivity contribution in [2.45, 2.75) is 398 Å². The van der Waals surface area contributed by atoms with Crippen LogP contribution >= 0.6 is 0 Å². The monoisotopic (exact) mass is 1120 g/mol. The third kappa shape index (κ3) is 65.0. The van der Waals surface area contributed by atoms with E-state index in [2.05, 4.69) is 55.6 Å². The van der Waals surface area contributed by atoms with Gasteiger partial charge in [0.25, 0.3) is 0 Å². The number of hydrogen-bond acceptors (Lipinski definition) is 5. The fourth-order valence-corrected chi connectivity index (χ4v) is 11.1. The number of allylic oxidation sites excluding steroid dienone is 6. The maximum absolute atomic E-state index is 12.5. The van der Waals surface area contributed by atoms with Crippen LogP contribution in [0.15, 0.2) is 48.6 Å². The summed E-state index contributed by atoms with van der Waals surface area (Å²) >= 11 is 0. The minimum atomic E-state index is -0.850. The number of aliphatic hydroxyl groups is 2. The Morgan fingerprint density at radius 3 is 0.963 bits per heavy atom. The van der Waals surface area contributed by atoms with Crippen molar-refractivity contribution in [1.29, 1.82) is 0 Å². The van der Waals surface area contributed by atoms with Crippen molar-refractivity contribution in [3.05, 3.63) is 48.6 Å². The molecular weight excluding hydrogens is 983 g/mol. The summed E-state index contributed by atoms with van der Waals surface area (Å²) in [6.07, 6.45) is 90.6. The Hall–Kier alpha value is -2.18. The predicted molar refractivity (Wildman–Crippen MR) is 352 cm³/mol. The Morgan fingerprint density at radius 1 is 0.350 bits per heavy atom. The van der Waals surface area contributed by atoms with E-state index in [0.29, 0.717) is 19.4 Å². The van der Waals surface area contributed by atoms with Crippen molar-refractivity contribution >= 4 is 11.9 Å². The lowest BCUT2D eigenvalue weighted by Crippen LogP contribution is -2.45. The quantitative estimate of drug-likeness (QED) is 0.0320. The Kier molecular flexibility index (Phi) is 67.4. The molecule has 0 aliphatic rings. The number of carbonyl (C=O) groups is 2. The molecule has 0 radical (unpaired) electrons. The summed E-state index contributed by atoms with van der Waals surface area (Å²) in [5.74, 6) is -0.105. The second-order valence-electron chi connectivity index (χ2n) is 24.6. The molecule has 0 aromatic carbocycles. The second-order valence-corrected chi connectivity index (χ2v) is 24.6. The van der Waals surface area contributed by atoms with Crippen LogP contribution in [0.2, 0.25) is 0 Å². The average molecular weight is 1120 g/mol. The summed E-state index contributed by atoms with van der Waals surface area (Å²) in [4.78, 5) is 24.6. The molecule has 470 valence electrons. The number of unbranched alkanes of at least 4 members (excludes halogenated alkanes) is 50. The van der Waals surface area contributed by atoms with Gasteiger partial charge in [-0.05, 0) is 77.0 Å². The molecule has 0 aliphatic heterocycles. The molecular formula is C74H139NO5. The predicted octanol–water partition coefficient (Wildman–Crippen LogP) is 23.3. The maximum Gasteiger partial charge on any atom is 0.305 e. The lowest BCUT2D eigenvalue weighted by Gasteiger charge is -2.20. The first-order valence-electron chi connectivity index (χ1n) is 35.9. The van der Waals surface area contributed by atoms with Gasteiger partial charge in [0.2, 0.25) is 5.91 Å². The molecule has 6 nitrogen and oxygen atoms in total. The van der Waals surface area contributed by atoms with Gasteiger partial charge in [-0.25, -0.2) is 0 Å². The van der Waals surface area contributed by atoms with Crippen molar-refractivity contribution in [2.75, 3.05) is 13.2 Å². The lowest BCUT2D eigenvalue weighted by molar-refractivity contribution is -0.143. The number of ether oxygens (including phenoxy) is 1. The highest BCUT2D eigenvalue weighted by atomic mass is 16.5. The number of carbonyl (C=O) groups excluding carboxylic acids is 2. The number of esters is 1. The number of amides is 1. The molecule has 0 saturated carbocycles. The minimum Gasteiger partial charge on any atom is -0.465 e. The smallest absolute Gasteiger partial charge is 0.305 e. The molecule has 2 atom stereocenters. The summed E-state index contributed by atoms with van der Waals surface area (Å²) in [6.45, 7) is 4.82. The van der Waals surface area contributed by atoms with Crippen LogP contribution in [0.1, 0.15) is 386 Å². The molecule has 0 spiro atoms. The van der Waals surface area contributed by atoms with Crippen LogP contribution in [0.3, 0.4) is 0 Å². The lowest BCUT2D eigenvalue weighted by atomic mass is 10.0. The molecule has 0 aliphatic carbocycles. The first-order chi connectivity index (χ1) is 39.5. The van der Waals surface area contributed by atoms with E-state index in [4.69, 9.17) is 4.74 Å². The fourth-order valence-electron chi connectivity index (χ4n) is 11.1. The van der Waals surface area contributed by atoms with Crippen LogP contribution in [0.25, 0.3) is 0 Å². The molecule has 0 heterocycles. The van der Waals surface area contributed by atoms with Gasteiger partial charge in [-0.2, -0.15) is 0 Å². The van der Waals surface area contributed by atoms with E-state index in [9.17, 15) is 19.8 Å². The van der Waals surface area contributed by atoms with Gasteiger partial charge in [0.05, 0.1) is 25.4 Å². The van der Waals surface area contributed by atoms with E-state index in [1.54, 1.807) is 6.08 Å². The normalized spacial score (nSPS) is 12.8. The van der Waals surface area contributed by atoms with Crippen molar-refractivity contribution < 1.29 is 24.5 Å². The summed E-state index contributed by atoms with van der Waals surface area (Å²) in [5, 5.41) is 23.3. The fraction of sp³-hybridized carbons (Fsp3) is 0.865. The number of aliphatic hydroxyl groups excluding tert-OH is 2. The summed E-state index contributed by atoms with van der Waals surface area (Å²) in [7, 11) is 0. The van der Waals surface area contributed by atoms with E-state index in [-0.39, 0.29) is 18.5 Å². The standard InChI is InChI=1S/C74H139NO5/c1-3-5-7-9-11-13-15-17-19-21-23-24-25-27-31-34-38-42-46-50-54-58-62-66-72(77)71(70-76)75-73(78)67-63-59-55-51-47-43-39-35-32-28-26-29-33-37-41-45-49-53-57-61-65-69-80-74(79)68-64-60-56-52-48-44-40-36-30-22-20-18-16-14-12-10-8-6-4-2/h18,20,45,49,57,61-62,66,71-72,76-77H,3-17,19,21-44,46-48,50-56,58-60,63-65,67-70H2,1-2H3,(H,75,78)/b20-18-,49-45-,61-57-,66-62+. The molecule has 80 heavy (non-hydrogen) atoms. The van der Waals surface area contributed by atoms with Gasteiger partial charge in [0.1, 0.15) is 0 Å². The van der Waals surface area contributed by atoms with Gasteiger partial charge in [0.15, 0.2) is 0 Å². The number of nitrogens with one attached hydrogen (secondary N) is 1. The third-order valence-electron chi connectivity index (χ3n) is 16.6. The molecule has 0 rings (SSSR count). The molecule has 0 saturated heterocycles. The SMILES string of the molecule is CCCCCCCC/C=C\CCCCCCCCCCCC(=O)OCC/C=C\C/C=C\CCCCCCCCCCCCCCCCC(=O)NC(CO)C(O)/C=C/CCCCCCCCCCCCCCCCCCCCCCC. The van der Waals surface area contributed by atoms with Crippen LogP contribution in [-0.2, 0) is 14.3 Å². The average Bonchev–Trinajstić information content (AvgIpc) is 3.46. The zero-order valence-electron chi connectivity index (χ0n) is 53.8. The van der Waals surface area contributed by atoms with E-state index in [1.165, 1.54) is 308 Å². The van der Waals surface area contributed by atoms with Crippen molar-refractivity contribution in [3.8, 4) is 0 Å². The number of rotatable bonds is 67. The van der Waals surface area contributed by atoms with Crippen LogP contribution in [0.5, 0.6) is 0 Å². The minimum absolute atomic E-state index is 0.0358. The Morgan fingerprint density at radius 2 is 0.625 bits per heavy atom. The Bertz CT molecular complexity index is 1340. The van der Waals surface area contributed by atoms with Crippen molar-refractivity contribution in [2.24, 2.45) is 0 Å². The van der Waals surface area contributed by atoms with Crippen LogP contribution in [0, 0.1) is 0 Å². The second kappa shape index (κ2) is 69.3. The van der Waals surface area contributed by atoms with Gasteiger partial charge in [-0.15, -0.1) is 0 Å². The zero-order valence-corrected chi connectivity index (χ0v) is 53.8. The van der Waals surface area contributed by atoms with Gasteiger partial charge < -0.3 is 20.3 Å². The first kappa shape index (κ1) is 77.8. The van der Waals surface area contributed by atoms with E-state index < -0.39 is 12.1 Å². The molecule has 3 N–H and O–H groups in total. The highest BCUT2D eigenvalue weighted by Gasteiger charge is 2.18. The highest BCUT2D eigenvalue weighted by Crippen LogP contribution is 2.18. The molecule has 0 aromatic heterocycles. The Balaban J connectivity index is 3.46. The third-order valence-corrected chi connectivity index (χ3v) is 16.6. The first-order valence-corrected chi connectivity index (χ1v) is 35.9. The zero-order chi connectivity index (χ0) is 57.8. The summed E-state index contributed by atoms with van der Waals surface area (Å²) < 4.78 is 5.44. The Labute approximate surface area is 499 Å². The number of hydrogen-bond donors (Lipinski definition) is 3. The summed E-state index contributed by atoms with van der Waals surface area (Å²) in [5.41, 5.74) is 0. The van der Waals surface area contributed by atoms with Gasteiger partial charge in [-0.3, -0.25) is 9.59 Å². The highest BCUT2D eigenvalue weighted by molar-refractivity contribution is 5.76. The van der Waals surface area contributed by atoms with Crippen LogP contribution in [-0.4, -0.2) is 47.4 Å². The van der Waals surface area contributed by atoms with E-state index >= 15 is 0 Å². The molecule has 0 bridgehead atoms. The summed E-state index contributed by atoms with van der Waals surface area (Å²) in [6, 6.07) is -0.634. The van der Waals surface area contributed by atoms with Crippen LogP contribution in [0.4, 0.5) is 0 Å². The maximum atomic E-state index is 12.5.